The molecule has 1 fully saturated rings. The third-order valence-electron chi connectivity index (χ3n) is 3.60. The lowest BCUT2D eigenvalue weighted by molar-refractivity contribution is -0.141. The molecule has 0 radical (unpaired) electrons. The van der Waals surface area contributed by atoms with E-state index in [0.717, 1.165) is 0 Å². The van der Waals surface area contributed by atoms with Crippen LogP contribution in [0.2, 0.25) is 0 Å². The minimum absolute atomic E-state index is 0.124. The zero-order chi connectivity index (χ0) is 17.5. The van der Waals surface area contributed by atoms with E-state index in [0.29, 0.717) is 36.8 Å². The van der Waals surface area contributed by atoms with Crippen LogP contribution in [0.1, 0.15) is 16.8 Å². The molecule has 0 saturated carbocycles. The van der Waals surface area contributed by atoms with Crippen LogP contribution in [0.25, 0.3) is 0 Å². The Morgan fingerprint density at radius 3 is 2.92 bits per heavy atom. The summed E-state index contributed by atoms with van der Waals surface area (Å²) in [6.07, 6.45) is 1.01. The van der Waals surface area contributed by atoms with Crippen LogP contribution in [0.3, 0.4) is 0 Å². The van der Waals surface area contributed by atoms with E-state index >= 15 is 0 Å². The zero-order valence-corrected chi connectivity index (χ0v) is 13.6. The third kappa shape index (κ3) is 4.48. The van der Waals surface area contributed by atoms with Crippen LogP contribution in [0.15, 0.2) is 30.9 Å². The monoisotopic (exact) mass is 335 g/mol. The maximum atomic E-state index is 12.6. The van der Waals surface area contributed by atoms with E-state index in [-0.39, 0.29) is 18.9 Å². The minimum Gasteiger partial charge on any atom is -0.493 e. The van der Waals surface area contributed by atoms with Crippen molar-refractivity contribution in [2.45, 2.75) is 12.5 Å². The van der Waals surface area contributed by atoms with Gasteiger partial charge in [0.15, 0.2) is 11.5 Å². The van der Waals surface area contributed by atoms with Gasteiger partial charge in [-0.25, -0.2) is 0 Å². The van der Waals surface area contributed by atoms with Crippen molar-refractivity contribution in [3.63, 3.8) is 0 Å². The molecular formula is C17H21NO6. The van der Waals surface area contributed by atoms with Gasteiger partial charge < -0.3 is 24.2 Å². The summed E-state index contributed by atoms with van der Waals surface area (Å²) < 4.78 is 16.1. The van der Waals surface area contributed by atoms with E-state index in [4.69, 9.17) is 19.3 Å². The molecule has 1 saturated heterocycles. The van der Waals surface area contributed by atoms with Gasteiger partial charge in [-0.05, 0) is 18.2 Å². The second-order valence-corrected chi connectivity index (χ2v) is 5.31. The summed E-state index contributed by atoms with van der Waals surface area (Å²) in [5.74, 6) is -0.153. The summed E-state index contributed by atoms with van der Waals surface area (Å²) in [5, 5.41) is 8.86. The number of hydrogen-bond donors (Lipinski definition) is 1. The number of amides is 1. The number of ether oxygens (including phenoxy) is 3. The molecular weight excluding hydrogens is 314 g/mol. The van der Waals surface area contributed by atoms with E-state index in [2.05, 4.69) is 6.58 Å². The molecule has 0 aromatic heterocycles. The first kappa shape index (κ1) is 17.8. The Bertz CT molecular complexity index is 615. The molecule has 7 heteroatoms. The smallest absolute Gasteiger partial charge is 0.306 e. The predicted octanol–water partition coefficient (Wildman–Crippen LogP) is 1.58. The quantitative estimate of drug-likeness (QED) is 0.762. The topological polar surface area (TPSA) is 85.3 Å². The number of carboxylic acid groups (broad SMARTS) is 1. The number of carbonyl (C=O) groups is 2. The van der Waals surface area contributed by atoms with Gasteiger partial charge in [0.05, 0.1) is 26.2 Å². The van der Waals surface area contributed by atoms with E-state index in [9.17, 15) is 9.59 Å². The highest BCUT2D eigenvalue weighted by molar-refractivity contribution is 5.95. The summed E-state index contributed by atoms with van der Waals surface area (Å²) in [5.41, 5.74) is 0.453. The number of carboxylic acids is 1. The molecule has 130 valence electrons. The SMILES string of the molecule is C=CCOc1ccc(C(=O)N2CCOC(CC(=O)O)C2)cc1OC. The summed E-state index contributed by atoms with van der Waals surface area (Å²) in [6, 6.07) is 4.94. The average molecular weight is 335 g/mol. The van der Waals surface area contributed by atoms with E-state index in [1.165, 1.54) is 7.11 Å². The van der Waals surface area contributed by atoms with Crippen LogP contribution in [-0.4, -0.2) is 61.4 Å². The Labute approximate surface area is 140 Å². The van der Waals surface area contributed by atoms with E-state index < -0.39 is 12.1 Å². The molecule has 1 unspecified atom stereocenters. The highest BCUT2D eigenvalue weighted by Crippen LogP contribution is 2.29. The summed E-state index contributed by atoms with van der Waals surface area (Å²) >= 11 is 0. The first-order valence-electron chi connectivity index (χ1n) is 7.59. The molecule has 0 spiro atoms. The van der Waals surface area contributed by atoms with Gasteiger partial charge >= 0.3 is 5.97 Å². The summed E-state index contributed by atoms with van der Waals surface area (Å²) in [7, 11) is 1.50. The van der Waals surface area contributed by atoms with Gasteiger partial charge in [-0.1, -0.05) is 12.7 Å². The highest BCUT2D eigenvalue weighted by Gasteiger charge is 2.27. The molecule has 1 aromatic carbocycles. The maximum absolute atomic E-state index is 12.6. The average Bonchev–Trinajstić information content (AvgIpc) is 2.58. The largest absolute Gasteiger partial charge is 0.493 e. The highest BCUT2D eigenvalue weighted by atomic mass is 16.5. The number of aliphatic carboxylic acids is 1. The first-order chi connectivity index (χ1) is 11.5. The molecule has 1 amide bonds. The molecule has 7 nitrogen and oxygen atoms in total. The predicted molar refractivity (Wildman–Crippen MR) is 86.6 cm³/mol. The van der Waals surface area contributed by atoms with Crippen molar-refractivity contribution in [3.05, 3.63) is 36.4 Å². The lowest BCUT2D eigenvalue weighted by Gasteiger charge is -2.32. The van der Waals surface area contributed by atoms with Gasteiger partial charge in [0.2, 0.25) is 0 Å². The molecule has 1 aromatic rings. The number of nitrogens with zero attached hydrogens (tertiary/aromatic N) is 1. The van der Waals surface area contributed by atoms with Crippen molar-refractivity contribution in [1.29, 1.82) is 0 Å². The van der Waals surface area contributed by atoms with Gasteiger partial charge in [0.1, 0.15) is 6.61 Å². The Morgan fingerprint density at radius 2 is 2.25 bits per heavy atom. The molecule has 2 rings (SSSR count). The molecule has 0 bridgehead atoms. The van der Waals surface area contributed by atoms with Gasteiger partial charge in [0.25, 0.3) is 5.91 Å². The van der Waals surface area contributed by atoms with Gasteiger partial charge in [0, 0.05) is 18.7 Å². The van der Waals surface area contributed by atoms with Crippen LogP contribution in [0.4, 0.5) is 0 Å². The fourth-order valence-corrected chi connectivity index (χ4v) is 2.47. The van der Waals surface area contributed by atoms with Crippen LogP contribution < -0.4 is 9.47 Å². The summed E-state index contributed by atoms with van der Waals surface area (Å²) in [4.78, 5) is 25.0. The van der Waals surface area contributed by atoms with Crippen molar-refractivity contribution in [2.24, 2.45) is 0 Å². The lowest BCUT2D eigenvalue weighted by Crippen LogP contribution is -2.46. The Hall–Kier alpha value is -2.54. The fraction of sp³-hybridized carbons (Fsp3) is 0.412. The molecule has 1 atom stereocenters. The van der Waals surface area contributed by atoms with E-state index in [1.54, 1.807) is 29.2 Å². The number of carbonyl (C=O) groups excluding carboxylic acids is 1. The molecule has 0 aliphatic carbocycles. The van der Waals surface area contributed by atoms with Crippen molar-refractivity contribution in [2.75, 3.05) is 33.4 Å². The number of benzene rings is 1. The molecule has 24 heavy (non-hydrogen) atoms. The van der Waals surface area contributed by atoms with Crippen molar-refractivity contribution < 1.29 is 28.9 Å². The Morgan fingerprint density at radius 1 is 1.46 bits per heavy atom. The molecule has 1 N–H and O–H groups in total. The molecule has 1 heterocycles. The number of rotatable bonds is 7. The maximum Gasteiger partial charge on any atom is 0.306 e. The van der Waals surface area contributed by atoms with Crippen LogP contribution in [-0.2, 0) is 9.53 Å². The molecule has 1 aliphatic heterocycles. The number of methoxy groups -OCH3 is 1. The van der Waals surface area contributed by atoms with Gasteiger partial charge in [-0.3, -0.25) is 9.59 Å². The van der Waals surface area contributed by atoms with Crippen molar-refractivity contribution in [3.8, 4) is 11.5 Å². The third-order valence-corrected chi connectivity index (χ3v) is 3.60. The van der Waals surface area contributed by atoms with E-state index in [1.807, 2.05) is 0 Å². The minimum atomic E-state index is -0.945. The van der Waals surface area contributed by atoms with Crippen LogP contribution in [0.5, 0.6) is 11.5 Å². The van der Waals surface area contributed by atoms with Crippen molar-refractivity contribution >= 4 is 11.9 Å². The van der Waals surface area contributed by atoms with Gasteiger partial charge in [-0.2, -0.15) is 0 Å². The fourth-order valence-electron chi connectivity index (χ4n) is 2.47. The van der Waals surface area contributed by atoms with Gasteiger partial charge in [-0.15, -0.1) is 0 Å². The Balaban J connectivity index is 2.10. The lowest BCUT2D eigenvalue weighted by atomic mass is 10.1. The second-order valence-electron chi connectivity index (χ2n) is 5.31. The number of hydrogen-bond acceptors (Lipinski definition) is 5. The van der Waals surface area contributed by atoms with Crippen LogP contribution in [0, 0.1) is 0 Å². The van der Waals surface area contributed by atoms with Crippen LogP contribution >= 0.6 is 0 Å². The zero-order valence-electron chi connectivity index (χ0n) is 13.6. The standard InChI is InChI=1S/C17H21NO6/c1-3-7-24-14-5-4-12(9-15(14)22-2)17(21)18-6-8-23-13(11-18)10-16(19)20/h3-5,9,13H,1,6-8,10-11H2,2H3,(H,19,20). The number of morpholine rings is 1. The normalized spacial score (nSPS) is 17.2. The molecule has 1 aliphatic rings. The Kier molecular flexibility index (Phi) is 6.20. The first-order valence-corrected chi connectivity index (χ1v) is 7.59. The van der Waals surface area contributed by atoms with Crippen molar-refractivity contribution in [1.82, 2.24) is 4.90 Å². The summed E-state index contributed by atoms with van der Waals surface area (Å²) in [6.45, 7) is 4.92. The second kappa shape index (κ2) is 8.35.